The monoisotopic (exact) mass is 259 g/mol. The largest absolute Gasteiger partial charge is 0.231 e. The zero-order valence-electron chi connectivity index (χ0n) is 10.6. The van der Waals surface area contributed by atoms with Gasteiger partial charge in [0.1, 0.15) is 0 Å². The summed E-state index contributed by atoms with van der Waals surface area (Å²) in [5.74, 6) is 0. The van der Waals surface area contributed by atoms with E-state index in [0.29, 0.717) is 12.8 Å². The second kappa shape index (κ2) is 12.1. The van der Waals surface area contributed by atoms with Crippen molar-refractivity contribution in [2.24, 2.45) is 0 Å². The Morgan fingerprint density at radius 1 is 1.11 bits per heavy atom. The minimum absolute atomic E-state index is 0.152. The SMILES string of the molecule is N#CCCCCCCCCCCON(O)[N+](=O)[O-]. The van der Waals surface area contributed by atoms with Gasteiger partial charge in [0.05, 0.1) is 12.7 Å². The minimum Gasteiger partial charge on any atom is -0.231 e. The summed E-state index contributed by atoms with van der Waals surface area (Å²) in [6.45, 7) is 0.152. The van der Waals surface area contributed by atoms with Gasteiger partial charge in [-0.15, -0.1) is 0 Å². The molecule has 7 heteroatoms. The fraction of sp³-hybridized carbons (Fsp3) is 0.909. The van der Waals surface area contributed by atoms with Gasteiger partial charge < -0.3 is 0 Å². The molecule has 0 fully saturated rings. The van der Waals surface area contributed by atoms with Gasteiger partial charge in [-0.3, -0.25) is 0 Å². The summed E-state index contributed by atoms with van der Waals surface area (Å²) < 4.78 is 0. The molecule has 0 saturated carbocycles. The Morgan fingerprint density at radius 3 is 2.11 bits per heavy atom. The summed E-state index contributed by atoms with van der Waals surface area (Å²) in [4.78, 5) is 14.4. The molecule has 7 nitrogen and oxygen atoms in total. The fourth-order valence-corrected chi connectivity index (χ4v) is 1.56. The van der Waals surface area contributed by atoms with Crippen molar-refractivity contribution in [3.05, 3.63) is 10.1 Å². The van der Waals surface area contributed by atoms with Gasteiger partial charge in [0.2, 0.25) is 5.03 Å². The van der Waals surface area contributed by atoms with E-state index in [2.05, 4.69) is 10.9 Å². The van der Waals surface area contributed by atoms with E-state index in [4.69, 9.17) is 10.5 Å². The van der Waals surface area contributed by atoms with Crippen LogP contribution in [0.25, 0.3) is 0 Å². The first-order valence-electron chi connectivity index (χ1n) is 6.31. The number of rotatable bonds is 12. The third-order valence-corrected chi connectivity index (χ3v) is 2.53. The molecule has 0 spiro atoms. The lowest BCUT2D eigenvalue weighted by molar-refractivity contribution is -0.809. The summed E-state index contributed by atoms with van der Waals surface area (Å²) in [6, 6.07) is 2.12. The van der Waals surface area contributed by atoms with Crippen LogP contribution in [0.1, 0.15) is 57.8 Å². The zero-order valence-corrected chi connectivity index (χ0v) is 10.6. The predicted octanol–water partition coefficient (Wildman–Crippen LogP) is 2.84. The molecule has 0 aliphatic heterocycles. The predicted molar refractivity (Wildman–Crippen MR) is 63.7 cm³/mol. The quantitative estimate of drug-likeness (QED) is 0.328. The number of hydrogen-bond acceptors (Lipinski definition) is 5. The molecule has 0 heterocycles. The van der Waals surface area contributed by atoms with Crippen molar-refractivity contribution in [2.75, 3.05) is 6.61 Å². The molecular formula is C11H21N3O4. The molecule has 104 valence electrons. The minimum atomic E-state index is -1.03. The number of hydrogen-bond donors (Lipinski definition) is 1. The van der Waals surface area contributed by atoms with Gasteiger partial charge in [0, 0.05) is 6.42 Å². The highest BCUT2D eigenvalue weighted by Gasteiger charge is 2.09. The van der Waals surface area contributed by atoms with Crippen LogP contribution in [0.15, 0.2) is 0 Å². The fourth-order valence-electron chi connectivity index (χ4n) is 1.56. The molecule has 0 aromatic rings. The van der Waals surface area contributed by atoms with E-state index < -0.39 is 5.03 Å². The van der Waals surface area contributed by atoms with Crippen LogP contribution in [-0.2, 0) is 4.84 Å². The van der Waals surface area contributed by atoms with E-state index >= 15 is 0 Å². The third kappa shape index (κ3) is 11.1. The first-order chi connectivity index (χ1) is 8.68. The van der Waals surface area contributed by atoms with Crippen molar-refractivity contribution in [3.63, 3.8) is 0 Å². The van der Waals surface area contributed by atoms with E-state index in [1.54, 1.807) is 0 Å². The van der Waals surface area contributed by atoms with Crippen LogP contribution in [0.2, 0.25) is 0 Å². The Kier molecular flexibility index (Phi) is 11.1. The molecule has 0 aromatic carbocycles. The van der Waals surface area contributed by atoms with Crippen LogP contribution in [0, 0.1) is 21.4 Å². The molecule has 0 radical (unpaired) electrons. The van der Waals surface area contributed by atoms with Gasteiger partial charge in [-0.25, -0.2) is 15.3 Å². The smallest absolute Gasteiger partial charge is 0.216 e. The highest BCUT2D eigenvalue weighted by atomic mass is 17.0. The van der Waals surface area contributed by atoms with Gasteiger partial charge in [-0.1, -0.05) is 38.5 Å². The highest BCUT2D eigenvalue weighted by Crippen LogP contribution is 2.09. The maximum atomic E-state index is 9.95. The van der Waals surface area contributed by atoms with Gasteiger partial charge in [-0.05, 0) is 12.8 Å². The maximum absolute atomic E-state index is 9.95. The van der Waals surface area contributed by atoms with Crippen molar-refractivity contribution >= 4 is 0 Å². The van der Waals surface area contributed by atoms with Gasteiger partial charge >= 0.3 is 0 Å². The van der Waals surface area contributed by atoms with Crippen molar-refractivity contribution in [3.8, 4) is 6.07 Å². The Bertz CT molecular complexity index is 255. The number of unbranched alkanes of at least 4 members (excludes halogenated alkanes) is 8. The standard InChI is InChI=1S/C11H21N3O4/c12-10-8-6-4-2-1-3-5-7-9-11-18-14(17)13(15)16/h17H,1-9,11H2. The molecule has 0 aromatic heterocycles. The molecule has 18 heavy (non-hydrogen) atoms. The van der Waals surface area contributed by atoms with Crippen LogP contribution >= 0.6 is 0 Å². The lowest BCUT2D eigenvalue weighted by Crippen LogP contribution is -2.26. The summed E-state index contributed by atoms with van der Waals surface area (Å²) in [7, 11) is 0. The molecule has 0 atom stereocenters. The van der Waals surface area contributed by atoms with Crippen LogP contribution in [0.5, 0.6) is 0 Å². The third-order valence-electron chi connectivity index (χ3n) is 2.53. The van der Waals surface area contributed by atoms with Crippen LogP contribution in [0.4, 0.5) is 0 Å². The molecular weight excluding hydrogens is 238 g/mol. The zero-order chi connectivity index (χ0) is 13.6. The molecule has 0 saturated heterocycles. The van der Waals surface area contributed by atoms with Gasteiger partial charge in [0.15, 0.2) is 5.34 Å². The second-order valence-electron chi connectivity index (χ2n) is 4.06. The van der Waals surface area contributed by atoms with Crippen LogP contribution in [0.3, 0.4) is 0 Å². The lowest BCUT2D eigenvalue weighted by Gasteiger charge is -2.05. The molecule has 0 aliphatic rings. The topological polar surface area (TPSA) is 99.6 Å². The number of nitro groups is 1. The summed E-state index contributed by atoms with van der Waals surface area (Å²) in [5, 5.41) is 25.5. The first-order valence-corrected chi connectivity index (χ1v) is 6.31. The molecule has 0 aliphatic carbocycles. The summed E-state index contributed by atoms with van der Waals surface area (Å²) in [6.07, 6.45) is 8.87. The summed E-state index contributed by atoms with van der Waals surface area (Å²) >= 11 is 0. The number of hydrazine groups is 1. The molecule has 0 amide bonds. The first kappa shape index (κ1) is 16.6. The van der Waals surface area contributed by atoms with E-state index in [1.165, 1.54) is 0 Å². The van der Waals surface area contributed by atoms with Crippen molar-refractivity contribution in [2.45, 2.75) is 57.8 Å². The maximum Gasteiger partial charge on any atom is 0.216 e. The van der Waals surface area contributed by atoms with Gasteiger partial charge in [0.25, 0.3) is 0 Å². The van der Waals surface area contributed by atoms with Crippen LogP contribution in [-0.4, -0.2) is 22.2 Å². The summed E-state index contributed by atoms with van der Waals surface area (Å²) in [5.41, 5.74) is 0. The Hall–Kier alpha value is -1.39. The van der Waals surface area contributed by atoms with Crippen molar-refractivity contribution in [1.29, 1.82) is 5.26 Å². The van der Waals surface area contributed by atoms with Crippen molar-refractivity contribution in [1.82, 2.24) is 5.34 Å². The average Bonchev–Trinajstić information content (AvgIpc) is 2.35. The Morgan fingerprint density at radius 2 is 1.61 bits per heavy atom. The Labute approximate surface area is 107 Å². The average molecular weight is 259 g/mol. The molecule has 1 N–H and O–H groups in total. The molecule has 0 rings (SSSR count). The number of nitrogens with zero attached hydrogens (tertiary/aromatic N) is 3. The number of nitriles is 1. The lowest BCUT2D eigenvalue weighted by atomic mass is 10.1. The van der Waals surface area contributed by atoms with E-state index in [0.717, 1.165) is 44.9 Å². The van der Waals surface area contributed by atoms with E-state index in [1.807, 2.05) is 0 Å². The Balaban J connectivity index is 3.08. The van der Waals surface area contributed by atoms with Crippen molar-refractivity contribution < 1.29 is 15.1 Å². The molecule has 0 unspecified atom stereocenters. The van der Waals surface area contributed by atoms with Gasteiger partial charge in [-0.2, -0.15) is 10.1 Å². The van der Waals surface area contributed by atoms with E-state index in [-0.39, 0.29) is 11.9 Å². The normalized spacial score (nSPS) is 10.0. The highest BCUT2D eigenvalue weighted by molar-refractivity contribution is 4.67. The second-order valence-corrected chi connectivity index (χ2v) is 4.06. The van der Waals surface area contributed by atoms with Crippen LogP contribution < -0.4 is 0 Å². The molecule has 0 bridgehead atoms. The van der Waals surface area contributed by atoms with E-state index in [9.17, 15) is 10.1 Å².